The van der Waals surface area contributed by atoms with Gasteiger partial charge in [-0.2, -0.15) is 0 Å². The van der Waals surface area contributed by atoms with Crippen molar-refractivity contribution in [1.29, 1.82) is 0 Å². The molecular formula is C21H22N2O3. The van der Waals surface area contributed by atoms with E-state index in [2.05, 4.69) is 16.4 Å². The van der Waals surface area contributed by atoms with Crippen LogP contribution in [0.25, 0.3) is 0 Å². The van der Waals surface area contributed by atoms with Crippen molar-refractivity contribution in [3.8, 4) is 5.75 Å². The third-order valence-electron chi connectivity index (χ3n) is 5.24. The lowest BCUT2D eigenvalue weighted by molar-refractivity contribution is -0.115. The Balaban J connectivity index is 1.56. The molecule has 0 saturated carbocycles. The van der Waals surface area contributed by atoms with E-state index in [4.69, 9.17) is 4.74 Å². The summed E-state index contributed by atoms with van der Waals surface area (Å²) in [6.45, 7) is 0.620. The highest BCUT2D eigenvalue weighted by molar-refractivity contribution is 6.43. The second-order valence-electron chi connectivity index (χ2n) is 6.99. The van der Waals surface area contributed by atoms with Crippen LogP contribution in [0.2, 0.25) is 0 Å². The minimum Gasteiger partial charge on any atom is -0.497 e. The third kappa shape index (κ3) is 3.27. The van der Waals surface area contributed by atoms with Gasteiger partial charge in [0.15, 0.2) is 11.6 Å². The number of nitrogens with zero attached hydrogens (tertiary/aromatic N) is 1. The van der Waals surface area contributed by atoms with Crippen LogP contribution in [0.5, 0.6) is 5.75 Å². The van der Waals surface area contributed by atoms with Gasteiger partial charge in [-0.15, -0.1) is 0 Å². The number of hydrogen-bond donors (Lipinski definition) is 1. The van der Waals surface area contributed by atoms with E-state index in [1.54, 1.807) is 13.2 Å². The number of rotatable bonds is 4. The number of nitrogens with one attached hydrogen (secondary N) is 1. The first-order valence-electron chi connectivity index (χ1n) is 9.05. The van der Waals surface area contributed by atoms with Crippen LogP contribution in [-0.4, -0.2) is 43.0 Å². The Morgan fingerprint density at radius 2 is 2.19 bits per heavy atom. The zero-order valence-electron chi connectivity index (χ0n) is 14.8. The highest BCUT2D eigenvalue weighted by Crippen LogP contribution is 2.29. The fourth-order valence-corrected chi connectivity index (χ4v) is 3.91. The van der Waals surface area contributed by atoms with Gasteiger partial charge < -0.3 is 4.74 Å². The Kier molecular flexibility index (Phi) is 4.55. The number of fused-ring (bicyclic) bond motifs is 2. The molecule has 0 radical (unpaired) electrons. The number of methoxy groups -OCH3 is 1. The van der Waals surface area contributed by atoms with E-state index in [0.717, 1.165) is 35.3 Å². The van der Waals surface area contributed by atoms with Gasteiger partial charge >= 0.3 is 0 Å². The highest BCUT2D eigenvalue weighted by Gasteiger charge is 2.35. The number of aliphatic imine (C=N–C) groups is 1. The van der Waals surface area contributed by atoms with Crippen LogP contribution in [0.15, 0.2) is 52.6 Å². The van der Waals surface area contributed by atoms with Crippen molar-refractivity contribution in [2.75, 3.05) is 13.7 Å². The van der Waals surface area contributed by atoms with Crippen molar-refractivity contribution in [3.05, 3.63) is 53.1 Å². The summed E-state index contributed by atoms with van der Waals surface area (Å²) < 4.78 is 5.24. The van der Waals surface area contributed by atoms with Gasteiger partial charge in [0.25, 0.3) is 0 Å². The van der Waals surface area contributed by atoms with Crippen LogP contribution in [0.4, 0.5) is 0 Å². The molecule has 1 aromatic carbocycles. The first-order valence-corrected chi connectivity index (χ1v) is 9.05. The number of carbonyl (C=O) groups excluding carboxylic acids is 2. The minimum absolute atomic E-state index is 0.0423. The molecule has 1 N–H and O–H groups in total. The van der Waals surface area contributed by atoms with Crippen molar-refractivity contribution in [3.63, 3.8) is 0 Å². The molecule has 1 aliphatic carbocycles. The molecule has 4 rings (SSSR count). The molecule has 0 aromatic heterocycles. The number of ketones is 2. The van der Waals surface area contributed by atoms with E-state index in [9.17, 15) is 9.59 Å². The second kappa shape index (κ2) is 7.00. The summed E-state index contributed by atoms with van der Waals surface area (Å²) in [6, 6.07) is 7.59. The first kappa shape index (κ1) is 16.9. The summed E-state index contributed by atoms with van der Waals surface area (Å²) in [5, 5.41) is 3.55. The molecule has 2 atom stereocenters. The smallest absolute Gasteiger partial charge is 0.182 e. The Morgan fingerprint density at radius 1 is 1.31 bits per heavy atom. The molecule has 0 bridgehead atoms. The monoisotopic (exact) mass is 350 g/mol. The molecule has 0 amide bonds. The van der Waals surface area contributed by atoms with Crippen LogP contribution in [-0.2, 0) is 16.0 Å². The van der Waals surface area contributed by atoms with E-state index in [1.165, 1.54) is 0 Å². The average molecular weight is 350 g/mol. The Hall–Kier alpha value is -2.53. The average Bonchev–Trinajstić information content (AvgIpc) is 2.66. The standard InChI is InChI=1S/C21H22N2O3/c1-26-17-4-2-3-13(9-17)10-19(25)21-20-14(7-8-22-21)11-15-12-16(24)5-6-18(15)23-20/h2-4,9,11-12,18,20,23H,5-8,10H2,1H3. The third-order valence-corrected chi connectivity index (χ3v) is 5.24. The largest absolute Gasteiger partial charge is 0.497 e. The molecular weight excluding hydrogens is 328 g/mol. The molecule has 0 fully saturated rings. The maximum Gasteiger partial charge on any atom is 0.182 e. The van der Waals surface area contributed by atoms with Gasteiger partial charge in [0, 0.05) is 25.4 Å². The van der Waals surface area contributed by atoms with Gasteiger partial charge in [-0.1, -0.05) is 18.2 Å². The van der Waals surface area contributed by atoms with E-state index >= 15 is 0 Å². The topological polar surface area (TPSA) is 67.8 Å². The van der Waals surface area contributed by atoms with Gasteiger partial charge in [0.1, 0.15) is 5.75 Å². The normalized spacial score (nSPS) is 24.7. The maximum atomic E-state index is 12.9. The number of allylic oxidation sites excluding steroid dienone is 1. The molecule has 2 unspecified atom stereocenters. The predicted octanol–water partition coefficient (Wildman–Crippen LogP) is 2.21. The van der Waals surface area contributed by atoms with Crippen molar-refractivity contribution >= 4 is 17.3 Å². The highest BCUT2D eigenvalue weighted by atomic mass is 16.5. The number of hydrogen-bond acceptors (Lipinski definition) is 5. The second-order valence-corrected chi connectivity index (χ2v) is 6.99. The number of benzene rings is 1. The Bertz CT molecular complexity index is 851. The molecule has 2 heterocycles. The molecule has 0 spiro atoms. The van der Waals surface area contributed by atoms with Crippen molar-refractivity contribution in [2.45, 2.75) is 37.8 Å². The van der Waals surface area contributed by atoms with E-state index < -0.39 is 0 Å². The molecule has 0 saturated heterocycles. The lowest BCUT2D eigenvalue weighted by atomic mass is 9.81. The molecule has 26 heavy (non-hydrogen) atoms. The lowest BCUT2D eigenvalue weighted by Gasteiger charge is -2.37. The summed E-state index contributed by atoms with van der Waals surface area (Å²) in [5.41, 5.74) is 3.74. The fraction of sp³-hybridized carbons (Fsp3) is 0.381. The predicted molar refractivity (Wildman–Crippen MR) is 99.7 cm³/mol. The van der Waals surface area contributed by atoms with Gasteiger partial charge in [-0.05, 0) is 47.8 Å². The van der Waals surface area contributed by atoms with E-state index in [-0.39, 0.29) is 23.7 Å². The van der Waals surface area contributed by atoms with Gasteiger partial charge in [0.05, 0.1) is 18.9 Å². The van der Waals surface area contributed by atoms with E-state index in [1.807, 2.05) is 24.3 Å². The Morgan fingerprint density at radius 3 is 3.04 bits per heavy atom. The number of ether oxygens (including phenoxy) is 1. The summed E-state index contributed by atoms with van der Waals surface area (Å²) in [7, 11) is 1.62. The zero-order chi connectivity index (χ0) is 18.1. The summed E-state index contributed by atoms with van der Waals surface area (Å²) in [5.74, 6) is 0.978. The van der Waals surface area contributed by atoms with Crippen LogP contribution >= 0.6 is 0 Å². The molecule has 5 heteroatoms. The Labute approximate surface area is 152 Å². The summed E-state index contributed by atoms with van der Waals surface area (Å²) in [6.07, 6.45) is 6.33. The quantitative estimate of drug-likeness (QED) is 0.904. The molecule has 3 aliphatic rings. The number of Topliss-reactive ketones (excluding diaryl/α,β-unsaturated/α-hetero) is 1. The SMILES string of the molecule is COc1cccc(CC(=O)C2=NCCC3=CC4=CC(=O)CCC4NC32)c1. The van der Waals surface area contributed by atoms with Crippen LogP contribution < -0.4 is 10.1 Å². The minimum atomic E-state index is -0.128. The molecule has 5 nitrogen and oxygen atoms in total. The summed E-state index contributed by atoms with van der Waals surface area (Å²) >= 11 is 0. The van der Waals surface area contributed by atoms with Crippen molar-refractivity contribution < 1.29 is 14.3 Å². The fourth-order valence-electron chi connectivity index (χ4n) is 3.91. The maximum absolute atomic E-state index is 12.9. The van der Waals surface area contributed by atoms with E-state index in [0.29, 0.717) is 25.1 Å². The molecule has 2 aliphatic heterocycles. The van der Waals surface area contributed by atoms with Crippen molar-refractivity contribution in [1.82, 2.24) is 5.32 Å². The molecule has 1 aromatic rings. The lowest BCUT2D eigenvalue weighted by Crippen LogP contribution is -2.52. The van der Waals surface area contributed by atoms with Crippen LogP contribution in [0.1, 0.15) is 24.8 Å². The van der Waals surface area contributed by atoms with Crippen LogP contribution in [0, 0.1) is 0 Å². The summed E-state index contributed by atoms with van der Waals surface area (Å²) in [4.78, 5) is 29.2. The van der Waals surface area contributed by atoms with Crippen molar-refractivity contribution in [2.24, 2.45) is 4.99 Å². The zero-order valence-corrected chi connectivity index (χ0v) is 14.8. The first-order chi connectivity index (χ1) is 12.6. The van der Waals surface area contributed by atoms with Gasteiger partial charge in [0.2, 0.25) is 0 Å². The molecule has 134 valence electrons. The number of carbonyl (C=O) groups is 2. The van der Waals surface area contributed by atoms with Gasteiger partial charge in [-0.3, -0.25) is 19.9 Å². The van der Waals surface area contributed by atoms with Gasteiger partial charge in [-0.25, -0.2) is 0 Å². The van der Waals surface area contributed by atoms with Crippen LogP contribution in [0.3, 0.4) is 0 Å².